The third-order valence-corrected chi connectivity index (χ3v) is 5.61. The summed E-state index contributed by atoms with van der Waals surface area (Å²) in [6, 6.07) is 29.2. The summed E-state index contributed by atoms with van der Waals surface area (Å²) >= 11 is 0. The molecule has 3 aromatic rings. The number of rotatable bonds is 7. The first kappa shape index (κ1) is 17.8. The van der Waals surface area contributed by atoms with Gasteiger partial charge in [-0.3, -0.25) is 0 Å². The number of para-hydroxylation sites is 1. The number of benzene rings is 3. The van der Waals surface area contributed by atoms with Crippen LogP contribution in [0.1, 0.15) is 36.0 Å². The Morgan fingerprint density at radius 2 is 1.33 bits per heavy atom. The lowest BCUT2D eigenvalue weighted by atomic mass is 9.79. The zero-order chi connectivity index (χ0) is 18.5. The number of hydrogen-bond acceptors (Lipinski definition) is 2. The Balaban J connectivity index is 1.93. The van der Waals surface area contributed by atoms with Crippen molar-refractivity contribution in [1.29, 1.82) is 0 Å². The van der Waals surface area contributed by atoms with Crippen molar-refractivity contribution in [3.63, 3.8) is 0 Å². The van der Waals surface area contributed by atoms with Gasteiger partial charge in [0.2, 0.25) is 0 Å². The summed E-state index contributed by atoms with van der Waals surface area (Å²) < 4.78 is 12.6. The lowest BCUT2D eigenvalue weighted by molar-refractivity contribution is -0.0241. The summed E-state index contributed by atoms with van der Waals surface area (Å²) in [5, 5.41) is 0. The molecule has 0 spiro atoms. The molecular formula is C25H26O2. The lowest BCUT2D eigenvalue weighted by Crippen LogP contribution is -2.36. The summed E-state index contributed by atoms with van der Waals surface area (Å²) in [6.07, 6.45) is 3.82. The second-order valence-corrected chi connectivity index (χ2v) is 7.22. The van der Waals surface area contributed by atoms with Gasteiger partial charge >= 0.3 is 0 Å². The van der Waals surface area contributed by atoms with E-state index in [9.17, 15) is 0 Å². The van der Waals surface area contributed by atoms with Gasteiger partial charge in [-0.1, -0.05) is 85.3 Å². The quantitative estimate of drug-likeness (QED) is 0.497. The number of ether oxygens (including phenoxy) is 2. The Labute approximate surface area is 161 Å². The van der Waals surface area contributed by atoms with Crippen molar-refractivity contribution in [1.82, 2.24) is 0 Å². The van der Waals surface area contributed by atoms with Crippen molar-refractivity contribution < 1.29 is 9.47 Å². The highest BCUT2D eigenvalue weighted by Crippen LogP contribution is 2.45. The maximum atomic E-state index is 6.85. The second kappa shape index (κ2) is 7.98. The monoisotopic (exact) mass is 358 g/mol. The average molecular weight is 358 g/mol. The molecule has 4 rings (SSSR count). The summed E-state index contributed by atoms with van der Waals surface area (Å²) in [5.41, 5.74) is 2.61. The van der Waals surface area contributed by atoms with E-state index in [4.69, 9.17) is 9.47 Å². The van der Waals surface area contributed by atoms with Crippen molar-refractivity contribution >= 4 is 0 Å². The van der Waals surface area contributed by atoms with E-state index in [1.807, 2.05) is 24.3 Å². The third-order valence-electron chi connectivity index (χ3n) is 5.61. The SMILES string of the molecule is COc1ccccc1C(OCC1CCC1)(c1ccccc1)c1ccccc1. The predicted octanol–water partition coefficient (Wildman–Crippen LogP) is 5.80. The standard InChI is InChI=1S/C25H26O2/c1-26-24-18-9-8-17-23(24)25(21-13-4-2-5-14-21,22-15-6-3-7-16-22)27-19-20-11-10-12-20/h2-9,13-18,20H,10-12,19H2,1H3. The molecule has 0 heterocycles. The Bertz CT molecular complexity index is 814. The van der Waals surface area contributed by atoms with Crippen LogP contribution in [0.4, 0.5) is 0 Å². The zero-order valence-corrected chi connectivity index (χ0v) is 15.8. The van der Waals surface area contributed by atoms with E-state index < -0.39 is 5.60 Å². The highest BCUT2D eigenvalue weighted by Gasteiger charge is 2.40. The van der Waals surface area contributed by atoms with Gasteiger partial charge in [-0.15, -0.1) is 0 Å². The summed E-state index contributed by atoms with van der Waals surface area (Å²) in [4.78, 5) is 0. The Morgan fingerprint density at radius 1 is 0.778 bits per heavy atom. The molecule has 0 atom stereocenters. The number of methoxy groups -OCH3 is 1. The normalized spacial score (nSPS) is 14.6. The molecule has 3 aromatic carbocycles. The van der Waals surface area contributed by atoms with Gasteiger partial charge in [0.25, 0.3) is 0 Å². The van der Waals surface area contributed by atoms with Crippen LogP contribution in [0.15, 0.2) is 84.9 Å². The fourth-order valence-corrected chi connectivity index (χ4v) is 3.91. The van der Waals surface area contributed by atoms with Crippen molar-refractivity contribution in [2.45, 2.75) is 24.9 Å². The van der Waals surface area contributed by atoms with E-state index in [1.54, 1.807) is 7.11 Å². The molecule has 2 heteroatoms. The van der Waals surface area contributed by atoms with E-state index in [0.29, 0.717) is 5.92 Å². The van der Waals surface area contributed by atoms with Crippen LogP contribution in [0.5, 0.6) is 5.75 Å². The minimum atomic E-state index is -0.690. The lowest BCUT2D eigenvalue weighted by Gasteiger charge is -2.39. The van der Waals surface area contributed by atoms with Gasteiger partial charge < -0.3 is 9.47 Å². The predicted molar refractivity (Wildman–Crippen MR) is 109 cm³/mol. The van der Waals surface area contributed by atoms with E-state index >= 15 is 0 Å². The van der Waals surface area contributed by atoms with Crippen LogP contribution in [-0.4, -0.2) is 13.7 Å². The van der Waals surface area contributed by atoms with Crippen molar-refractivity contribution in [2.24, 2.45) is 5.92 Å². The van der Waals surface area contributed by atoms with E-state index in [0.717, 1.165) is 29.0 Å². The summed E-state index contributed by atoms with van der Waals surface area (Å²) in [6.45, 7) is 0.752. The second-order valence-electron chi connectivity index (χ2n) is 7.22. The molecule has 0 amide bonds. The zero-order valence-electron chi connectivity index (χ0n) is 15.8. The average Bonchev–Trinajstić information content (AvgIpc) is 2.71. The van der Waals surface area contributed by atoms with Crippen LogP contribution in [0.25, 0.3) is 0 Å². The largest absolute Gasteiger partial charge is 0.496 e. The maximum Gasteiger partial charge on any atom is 0.147 e. The molecule has 0 N–H and O–H groups in total. The summed E-state index contributed by atoms with van der Waals surface area (Å²) in [5.74, 6) is 1.49. The molecule has 1 saturated carbocycles. The van der Waals surface area contributed by atoms with Gasteiger partial charge in [-0.2, -0.15) is 0 Å². The molecule has 138 valence electrons. The Kier molecular flexibility index (Phi) is 5.26. The minimum absolute atomic E-state index is 0.645. The van der Waals surface area contributed by atoms with Crippen LogP contribution in [0.2, 0.25) is 0 Å². The molecule has 0 unspecified atom stereocenters. The fraction of sp³-hybridized carbons (Fsp3) is 0.280. The molecule has 0 radical (unpaired) electrons. The first-order valence-corrected chi connectivity index (χ1v) is 9.73. The summed E-state index contributed by atoms with van der Waals surface area (Å²) in [7, 11) is 1.73. The van der Waals surface area contributed by atoms with E-state index in [-0.39, 0.29) is 0 Å². The molecule has 1 fully saturated rings. The Morgan fingerprint density at radius 3 is 1.85 bits per heavy atom. The molecule has 0 aliphatic heterocycles. The molecule has 0 bridgehead atoms. The van der Waals surface area contributed by atoms with Crippen molar-refractivity contribution in [3.8, 4) is 5.75 Å². The fourth-order valence-electron chi connectivity index (χ4n) is 3.91. The van der Waals surface area contributed by atoms with Crippen LogP contribution in [-0.2, 0) is 10.3 Å². The van der Waals surface area contributed by atoms with Crippen LogP contribution in [0, 0.1) is 5.92 Å². The number of hydrogen-bond donors (Lipinski definition) is 0. The first-order valence-electron chi connectivity index (χ1n) is 9.73. The molecule has 0 saturated heterocycles. The highest BCUT2D eigenvalue weighted by atomic mass is 16.5. The van der Waals surface area contributed by atoms with E-state index in [2.05, 4.69) is 60.7 Å². The van der Waals surface area contributed by atoms with Crippen molar-refractivity contribution in [3.05, 3.63) is 102 Å². The first-order chi connectivity index (χ1) is 13.3. The Hall–Kier alpha value is -2.58. The molecule has 27 heavy (non-hydrogen) atoms. The van der Waals surface area contributed by atoms with Gasteiger partial charge in [-0.05, 0) is 36.0 Å². The van der Waals surface area contributed by atoms with Crippen LogP contribution < -0.4 is 4.74 Å². The topological polar surface area (TPSA) is 18.5 Å². The third kappa shape index (κ3) is 3.38. The van der Waals surface area contributed by atoms with Gasteiger partial charge in [0, 0.05) is 5.56 Å². The van der Waals surface area contributed by atoms with E-state index in [1.165, 1.54) is 19.3 Å². The van der Waals surface area contributed by atoms with Crippen LogP contribution >= 0.6 is 0 Å². The van der Waals surface area contributed by atoms with Crippen LogP contribution in [0.3, 0.4) is 0 Å². The maximum absolute atomic E-state index is 6.85. The highest BCUT2D eigenvalue weighted by molar-refractivity contribution is 5.52. The molecule has 0 aromatic heterocycles. The van der Waals surface area contributed by atoms with Gasteiger partial charge in [0.15, 0.2) is 0 Å². The van der Waals surface area contributed by atoms with Gasteiger partial charge in [0.1, 0.15) is 11.4 Å². The molecule has 2 nitrogen and oxygen atoms in total. The minimum Gasteiger partial charge on any atom is -0.496 e. The van der Waals surface area contributed by atoms with Crippen molar-refractivity contribution in [2.75, 3.05) is 13.7 Å². The smallest absolute Gasteiger partial charge is 0.147 e. The molecular weight excluding hydrogens is 332 g/mol. The molecule has 1 aliphatic rings. The molecule has 1 aliphatic carbocycles. The van der Waals surface area contributed by atoms with Gasteiger partial charge in [0.05, 0.1) is 13.7 Å². The van der Waals surface area contributed by atoms with Gasteiger partial charge in [-0.25, -0.2) is 0 Å².